The molecule has 34 heavy (non-hydrogen) atoms. The summed E-state index contributed by atoms with van der Waals surface area (Å²) in [5.74, 6) is -0.743. The van der Waals surface area contributed by atoms with Crippen molar-refractivity contribution in [3.05, 3.63) is 64.1 Å². The lowest BCUT2D eigenvalue weighted by Gasteiger charge is -2.32. The van der Waals surface area contributed by atoms with Crippen LogP contribution in [-0.4, -0.2) is 50.0 Å². The minimum atomic E-state index is -3.74. The fourth-order valence-electron chi connectivity index (χ4n) is 3.39. The molecule has 1 N–H and O–H groups in total. The van der Waals surface area contributed by atoms with Gasteiger partial charge in [0.2, 0.25) is 21.8 Å². The Morgan fingerprint density at radius 2 is 1.68 bits per heavy atom. The van der Waals surface area contributed by atoms with E-state index in [1.54, 1.807) is 19.1 Å². The predicted octanol–water partition coefficient (Wildman–Crippen LogP) is 4.11. The Kier molecular flexibility index (Phi) is 10.1. The molecule has 2 amide bonds. The number of anilines is 1. The first kappa shape index (κ1) is 27.9. The normalized spacial score (nSPS) is 13.1. The van der Waals surface area contributed by atoms with Gasteiger partial charge in [0.1, 0.15) is 12.6 Å². The van der Waals surface area contributed by atoms with Gasteiger partial charge in [0.05, 0.1) is 11.9 Å². The van der Waals surface area contributed by atoms with Crippen LogP contribution in [0.4, 0.5) is 5.69 Å². The maximum atomic E-state index is 13.5. The molecular weight excluding hydrogens is 518 g/mol. The van der Waals surface area contributed by atoms with Crippen LogP contribution in [0.3, 0.4) is 0 Å². The summed E-state index contributed by atoms with van der Waals surface area (Å²) in [6.07, 6.45) is 2.65. The zero-order valence-electron chi connectivity index (χ0n) is 20.4. The third kappa shape index (κ3) is 7.84. The van der Waals surface area contributed by atoms with Gasteiger partial charge in [0.15, 0.2) is 0 Å². The van der Waals surface area contributed by atoms with Crippen LogP contribution in [0.1, 0.15) is 45.2 Å². The quantitative estimate of drug-likeness (QED) is 0.455. The van der Waals surface area contributed by atoms with Gasteiger partial charge in [-0.3, -0.25) is 13.9 Å². The molecule has 186 valence electrons. The van der Waals surface area contributed by atoms with Crippen molar-refractivity contribution in [2.24, 2.45) is 0 Å². The Morgan fingerprint density at radius 1 is 1.03 bits per heavy atom. The van der Waals surface area contributed by atoms with E-state index >= 15 is 0 Å². The summed E-state index contributed by atoms with van der Waals surface area (Å²) in [7, 11) is -3.74. The van der Waals surface area contributed by atoms with E-state index in [2.05, 4.69) is 21.2 Å². The first-order valence-electron chi connectivity index (χ1n) is 11.4. The molecule has 0 unspecified atom stereocenters. The minimum absolute atomic E-state index is 0.0395. The SMILES string of the molecule is CCc1ccc(N(CC(=O)N(Cc2cccc(Br)c2)[C@@H](C)C(=O)N[C@@H](C)CC)S(C)(=O)=O)cc1. The number of benzene rings is 2. The number of hydrogen-bond acceptors (Lipinski definition) is 4. The van der Waals surface area contributed by atoms with Crippen molar-refractivity contribution in [3.63, 3.8) is 0 Å². The van der Waals surface area contributed by atoms with Crippen LogP contribution in [-0.2, 0) is 32.6 Å². The zero-order valence-corrected chi connectivity index (χ0v) is 22.8. The van der Waals surface area contributed by atoms with E-state index in [0.717, 1.165) is 39.0 Å². The van der Waals surface area contributed by atoms with E-state index in [4.69, 9.17) is 0 Å². The van der Waals surface area contributed by atoms with Crippen LogP contribution >= 0.6 is 15.9 Å². The van der Waals surface area contributed by atoms with E-state index in [9.17, 15) is 18.0 Å². The monoisotopic (exact) mass is 551 g/mol. The number of sulfonamides is 1. The van der Waals surface area contributed by atoms with E-state index in [0.29, 0.717) is 5.69 Å². The van der Waals surface area contributed by atoms with Crippen LogP contribution in [0.5, 0.6) is 0 Å². The first-order valence-corrected chi connectivity index (χ1v) is 14.0. The first-order chi connectivity index (χ1) is 16.0. The molecule has 0 spiro atoms. The highest BCUT2D eigenvalue weighted by atomic mass is 79.9. The Bertz CT molecular complexity index is 1090. The van der Waals surface area contributed by atoms with E-state index in [-0.39, 0.29) is 18.5 Å². The summed E-state index contributed by atoms with van der Waals surface area (Å²) >= 11 is 3.44. The minimum Gasteiger partial charge on any atom is -0.352 e. The van der Waals surface area contributed by atoms with E-state index < -0.39 is 28.5 Å². The molecule has 0 fully saturated rings. The maximum absolute atomic E-state index is 13.5. The second kappa shape index (κ2) is 12.4. The summed E-state index contributed by atoms with van der Waals surface area (Å²) < 4.78 is 27.1. The number of amides is 2. The molecular formula is C25H34BrN3O4S. The molecule has 0 aromatic heterocycles. The van der Waals surface area contributed by atoms with Crippen LogP contribution in [0, 0.1) is 0 Å². The third-order valence-electron chi connectivity index (χ3n) is 5.72. The number of aryl methyl sites for hydroxylation is 1. The molecule has 2 aromatic carbocycles. The standard InChI is InChI=1S/C25H34BrN3O4S/c1-6-18(3)27-25(31)19(4)28(16-21-9-8-10-22(26)15-21)24(30)17-29(34(5,32)33)23-13-11-20(7-2)12-14-23/h8-15,18-19H,6-7,16-17H2,1-5H3,(H,27,31)/t18-,19-/m0/s1. The van der Waals surface area contributed by atoms with Gasteiger partial charge in [-0.15, -0.1) is 0 Å². The van der Waals surface area contributed by atoms with E-state index in [1.807, 2.05) is 57.2 Å². The van der Waals surface area contributed by atoms with Gasteiger partial charge in [0.25, 0.3) is 0 Å². The summed E-state index contributed by atoms with van der Waals surface area (Å²) in [6, 6.07) is 13.7. The van der Waals surface area contributed by atoms with Crippen molar-refractivity contribution in [1.29, 1.82) is 0 Å². The van der Waals surface area contributed by atoms with Gasteiger partial charge in [-0.2, -0.15) is 0 Å². The van der Waals surface area contributed by atoms with Gasteiger partial charge in [0, 0.05) is 17.1 Å². The van der Waals surface area contributed by atoms with Crippen LogP contribution in [0.25, 0.3) is 0 Å². The predicted molar refractivity (Wildman–Crippen MR) is 140 cm³/mol. The molecule has 9 heteroatoms. The highest BCUT2D eigenvalue weighted by molar-refractivity contribution is 9.10. The number of carbonyl (C=O) groups is 2. The number of carbonyl (C=O) groups excluding carboxylic acids is 2. The zero-order chi connectivity index (χ0) is 25.5. The largest absolute Gasteiger partial charge is 0.352 e. The molecule has 2 atom stereocenters. The molecule has 2 rings (SSSR count). The Hall–Kier alpha value is -2.39. The molecule has 0 saturated carbocycles. The second-order valence-electron chi connectivity index (χ2n) is 8.44. The molecule has 0 aliphatic carbocycles. The molecule has 0 aliphatic heterocycles. The Balaban J connectivity index is 2.37. The highest BCUT2D eigenvalue weighted by Crippen LogP contribution is 2.21. The number of hydrogen-bond donors (Lipinski definition) is 1. The Labute approximate surface area is 211 Å². The van der Waals surface area contributed by atoms with Gasteiger partial charge >= 0.3 is 0 Å². The van der Waals surface area contributed by atoms with Gasteiger partial charge in [-0.05, 0) is 62.1 Å². The van der Waals surface area contributed by atoms with Gasteiger partial charge in [-0.1, -0.05) is 54.0 Å². The molecule has 2 aromatic rings. The average Bonchev–Trinajstić information content (AvgIpc) is 2.79. The summed E-state index contributed by atoms with van der Waals surface area (Å²) in [4.78, 5) is 27.8. The van der Waals surface area contributed by atoms with Crippen molar-refractivity contribution >= 4 is 43.5 Å². The third-order valence-corrected chi connectivity index (χ3v) is 7.36. The molecule has 7 nitrogen and oxygen atoms in total. The van der Waals surface area contributed by atoms with Gasteiger partial charge < -0.3 is 10.2 Å². The second-order valence-corrected chi connectivity index (χ2v) is 11.3. The number of nitrogens with zero attached hydrogens (tertiary/aromatic N) is 2. The van der Waals surface area contributed by atoms with Crippen molar-refractivity contribution in [3.8, 4) is 0 Å². The fraction of sp³-hybridized carbons (Fsp3) is 0.440. The highest BCUT2D eigenvalue weighted by Gasteiger charge is 2.30. The van der Waals surface area contributed by atoms with E-state index in [1.165, 1.54) is 4.90 Å². The summed E-state index contributed by atoms with van der Waals surface area (Å²) in [5, 5.41) is 2.92. The molecule has 0 radical (unpaired) electrons. The van der Waals surface area contributed by atoms with Crippen molar-refractivity contribution < 1.29 is 18.0 Å². The van der Waals surface area contributed by atoms with Crippen LogP contribution < -0.4 is 9.62 Å². The maximum Gasteiger partial charge on any atom is 0.244 e. The molecule has 0 aliphatic rings. The summed E-state index contributed by atoms with van der Waals surface area (Å²) in [5.41, 5.74) is 2.30. The van der Waals surface area contributed by atoms with Crippen molar-refractivity contribution in [2.45, 2.75) is 59.2 Å². The molecule has 0 bridgehead atoms. The summed E-state index contributed by atoms with van der Waals surface area (Å²) in [6.45, 7) is 7.30. The van der Waals surface area contributed by atoms with Crippen LogP contribution in [0.2, 0.25) is 0 Å². The van der Waals surface area contributed by atoms with Gasteiger partial charge in [-0.25, -0.2) is 8.42 Å². The lowest BCUT2D eigenvalue weighted by atomic mass is 10.1. The smallest absolute Gasteiger partial charge is 0.244 e. The topological polar surface area (TPSA) is 86.8 Å². The number of nitrogens with one attached hydrogen (secondary N) is 1. The van der Waals surface area contributed by atoms with Crippen LogP contribution in [0.15, 0.2) is 53.0 Å². The lowest BCUT2D eigenvalue weighted by Crippen LogP contribution is -2.52. The van der Waals surface area contributed by atoms with Crippen molar-refractivity contribution in [1.82, 2.24) is 10.2 Å². The fourth-order valence-corrected chi connectivity index (χ4v) is 4.69. The number of rotatable bonds is 11. The molecule has 0 heterocycles. The number of halogens is 1. The Morgan fingerprint density at radius 3 is 2.21 bits per heavy atom. The lowest BCUT2D eigenvalue weighted by molar-refractivity contribution is -0.139. The molecule has 0 saturated heterocycles. The van der Waals surface area contributed by atoms with Crippen molar-refractivity contribution in [2.75, 3.05) is 17.1 Å². The average molecular weight is 553 g/mol.